The van der Waals surface area contributed by atoms with E-state index in [9.17, 15) is 23.7 Å². The van der Waals surface area contributed by atoms with Crippen molar-refractivity contribution in [2.24, 2.45) is 0 Å². The Bertz CT molecular complexity index is 465. The van der Waals surface area contributed by atoms with Crippen molar-refractivity contribution in [3.05, 3.63) is 39.4 Å². The molecule has 0 saturated heterocycles. The van der Waals surface area contributed by atoms with E-state index in [1.165, 1.54) is 0 Å². The first-order valence-corrected chi connectivity index (χ1v) is 4.53. The summed E-state index contributed by atoms with van der Waals surface area (Å²) in [6, 6.07) is 0.790. The fraction of sp³-hybridized carbons (Fsp3) is 0.222. The van der Waals surface area contributed by atoms with Gasteiger partial charge in [0.1, 0.15) is 5.82 Å². The zero-order valence-corrected chi connectivity index (χ0v) is 8.70. The monoisotopic (exact) mass is 246 g/mol. The predicted octanol–water partition coefficient (Wildman–Crippen LogP) is 1.55. The summed E-state index contributed by atoms with van der Waals surface area (Å²) in [5.41, 5.74) is 0.153. The molecule has 0 atom stereocenters. The molecule has 6 nitrogen and oxygen atoms in total. The van der Waals surface area contributed by atoms with Crippen LogP contribution in [0.4, 0.5) is 14.5 Å². The number of hydroxylamine groups is 1. The Labute approximate surface area is 94.3 Å². The second kappa shape index (κ2) is 5.30. The number of benzene rings is 1. The molecule has 1 rings (SSSR count). The van der Waals surface area contributed by atoms with Crippen LogP contribution in [0, 0.1) is 21.7 Å². The van der Waals surface area contributed by atoms with Crippen LogP contribution in [0.3, 0.4) is 0 Å². The topological polar surface area (TPSA) is 81.5 Å². The maximum atomic E-state index is 13.3. The van der Waals surface area contributed by atoms with E-state index < -0.39 is 33.7 Å². The second-order valence-corrected chi connectivity index (χ2v) is 2.90. The van der Waals surface area contributed by atoms with Crippen LogP contribution in [0.5, 0.6) is 0 Å². The number of nitro groups is 1. The minimum Gasteiger partial charge on any atom is -0.274 e. The molecule has 1 N–H and O–H groups in total. The fourth-order valence-corrected chi connectivity index (χ4v) is 1.04. The maximum Gasteiger partial charge on any atom is 0.307 e. The van der Waals surface area contributed by atoms with Crippen molar-refractivity contribution in [1.29, 1.82) is 0 Å². The average Bonchev–Trinajstić information content (AvgIpc) is 2.28. The molecule has 0 saturated carbocycles. The highest BCUT2D eigenvalue weighted by molar-refractivity contribution is 5.94. The molecule has 0 aliphatic carbocycles. The average molecular weight is 246 g/mol. The van der Waals surface area contributed by atoms with Crippen LogP contribution in [0.2, 0.25) is 0 Å². The molecule has 0 bridgehead atoms. The Morgan fingerprint density at radius 3 is 2.65 bits per heavy atom. The highest BCUT2D eigenvalue weighted by Gasteiger charge is 2.21. The van der Waals surface area contributed by atoms with Crippen LogP contribution in [0.1, 0.15) is 17.3 Å². The van der Waals surface area contributed by atoms with E-state index in [1.807, 2.05) is 5.48 Å². The van der Waals surface area contributed by atoms with Gasteiger partial charge in [-0.25, -0.2) is 9.87 Å². The van der Waals surface area contributed by atoms with Gasteiger partial charge in [-0.1, -0.05) is 0 Å². The zero-order chi connectivity index (χ0) is 13.0. The smallest absolute Gasteiger partial charge is 0.274 e. The van der Waals surface area contributed by atoms with Crippen LogP contribution in [0.25, 0.3) is 0 Å². The number of amides is 1. The summed E-state index contributed by atoms with van der Waals surface area (Å²) in [6.45, 7) is 1.72. The zero-order valence-electron chi connectivity index (χ0n) is 8.70. The number of nitrogens with zero attached hydrogens (tertiary/aromatic N) is 1. The lowest BCUT2D eigenvalue weighted by atomic mass is 10.1. The molecular weight excluding hydrogens is 238 g/mol. The van der Waals surface area contributed by atoms with Gasteiger partial charge in [-0.05, 0) is 13.0 Å². The number of hydrogen-bond acceptors (Lipinski definition) is 4. The highest BCUT2D eigenvalue weighted by atomic mass is 19.1. The van der Waals surface area contributed by atoms with E-state index in [0.29, 0.717) is 12.1 Å². The van der Waals surface area contributed by atoms with Crippen molar-refractivity contribution in [3.63, 3.8) is 0 Å². The summed E-state index contributed by atoms with van der Waals surface area (Å²) in [6.07, 6.45) is 0. The molecule has 1 amide bonds. The van der Waals surface area contributed by atoms with Crippen LogP contribution < -0.4 is 5.48 Å². The fourth-order valence-electron chi connectivity index (χ4n) is 1.04. The first-order chi connectivity index (χ1) is 7.97. The molecule has 0 heterocycles. The van der Waals surface area contributed by atoms with Gasteiger partial charge < -0.3 is 0 Å². The molecule has 1 aromatic rings. The molecule has 0 aliphatic heterocycles. The van der Waals surface area contributed by atoms with Gasteiger partial charge in [-0.2, -0.15) is 4.39 Å². The number of carbonyl (C=O) groups is 1. The number of carbonyl (C=O) groups excluding carboxylic acids is 1. The SMILES string of the molecule is CCONC(=O)c1cc(F)c([N+](=O)[O-])cc1F. The Morgan fingerprint density at radius 2 is 2.12 bits per heavy atom. The van der Waals surface area contributed by atoms with Crippen molar-refractivity contribution in [1.82, 2.24) is 5.48 Å². The van der Waals surface area contributed by atoms with Gasteiger partial charge in [0, 0.05) is 0 Å². The van der Waals surface area contributed by atoms with Crippen molar-refractivity contribution in [3.8, 4) is 0 Å². The van der Waals surface area contributed by atoms with E-state index >= 15 is 0 Å². The summed E-state index contributed by atoms with van der Waals surface area (Å²) >= 11 is 0. The Morgan fingerprint density at radius 1 is 1.47 bits per heavy atom. The van der Waals surface area contributed by atoms with E-state index in [2.05, 4.69) is 4.84 Å². The van der Waals surface area contributed by atoms with E-state index in [0.717, 1.165) is 0 Å². The number of nitrogens with one attached hydrogen (secondary N) is 1. The van der Waals surface area contributed by atoms with Crippen LogP contribution in [0.15, 0.2) is 12.1 Å². The molecule has 8 heteroatoms. The third-order valence-corrected chi connectivity index (χ3v) is 1.79. The highest BCUT2D eigenvalue weighted by Crippen LogP contribution is 2.21. The lowest BCUT2D eigenvalue weighted by Gasteiger charge is -2.05. The minimum absolute atomic E-state index is 0.142. The normalized spacial score (nSPS) is 10.1. The maximum absolute atomic E-state index is 13.3. The Kier molecular flexibility index (Phi) is 4.05. The molecule has 0 aliphatic rings. The summed E-state index contributed by atoms with van der Waals surface area (Å²) < 4.78 is 26.4. The largest absolute Gasteiger partial charge is 0.307 e. The third-order valence-electron chi connectivity index (χ3n) is 1.79. The summed E-state index contributed by atoms with van der Waals surface area (Å²) in [5.74, 6) is -3.51. The van der Waals surface area contributed by atoms with Crippen LogP contribution >= 0.6 is 0 Å². The van der Waals surface area contributed by atoms with Gasteiger partial charge in [-0.15, -0.1) is 0 Å². The van der Waals surface area contributed by atoms with Crippen molar-refractivity contribution >= 4 is 11.6 Å². The van der Waals surface area contributed by atoms with Crippen LogP contribution in [-0.2, 0) is 4.84 Å². The molecule has 0 fully saturated rings. The van der Waals surface area contributed by atoms with E-state index in [-0.39, 0.29) is 6.61 Å². The number of rotatable bonds is 4. The van der Waals surface area contributed by atoms with Crippen molar-refractivity contribution in [2.75, 3.05) is 6.61 Å². The van der Waals surface area contributed by atoms with Crippen LogP contribution in [-0.4, -0.2) is 17.4 Å². The molecular formula is C9H8F2N2O4. The quantitative estimate of drug-likeness (QED) is 0.645. The van der Waals surface area contributed by atoms with Crippen molar-refractivity contribution < 1.29 is 23.3 Å². The summed E-state index contributed by atoms with van der Waals surface area (Å²) in [7, 11) is 0. The van der Waals surface area contributed by atoms with Gasteiger partial charge in [0.2, 0.25) is 5.82 Å². The van der Waals surface area contributed by atoms with Crippen molar-refractivity contribution in [2.45, 2.75) is 6.92 Å². The number of hydrogen-bond donors (Lipinski definition) is 1. The summed E-state index contributed by atoms with van der Waals surface area (Å²) in [4.78, 5) is 25.0. The first kappa shape index (κ1) is 13.0. The van der Waals surface area contributed by atoms with Gasteiger partial charge in [0.25, 0.3) is 5.91 Å². The Hall–Kier alpha value is -2.09. The lowest BCUT2D eigenvalue weighted by molar-refractivity contribution is -0.387. The third kappa shape index (κ3) is 2.94. The molecule has 0 spiro atoms. The molecule has 92 valence electrons. The van der Waals surface area contributed by atoms with Gasteiger partial charge in [-0.3, -0.25) is 19.7 Å². The lowest BCUT2D eigenvalue weighted by Crippen LogP contribution is -2.24. The molecule has 17 heavy (non-hydrogen) atoms. The second-order valence-electron chi connectivity index (χ2n) is 2.90. The van der Waals surface area contributed by atoms with E-state index in [4.69, 9.17) is 0 Å². The molecule has 0 unspecified atom stereocenters. The minimum atomic E-state index is -1.29. The molecule has 0 radical (unpaired) electrons. The number of halogens is 2. The summed E-state index contributed by atoms with van der Waals surface area (Å²) in [5, 5.41) is 10.3. The van der Waals surface area contributed by atoms with E-state index in [1.54, 1.807) is 6.92 Å². The standard InChI is InChI=1S/C9H8F2N2O4/c1-2-17-12-9(14)5-3-7(11)8(13(15)16)4-6(5)10/h3-4H,2H2,1H3,(H,12,14). The van der Waals surface area contributed by atoms with Gasteiger partial charge >= 0.3 is 5.69 Å². The predicted molar refractivity (Wildman–Crippen MR) is 52.1 cm³/mol. The Balaban J connectivity index is 3.07. The van der Waals surface area contributed by atoms with Gasteiger partial charge in [0.05, 0.1) is 23.2 Å². The van der Waals surface area contributed by atoms with Gasteiger partial charge in [0.15, 0.2) is 0 Å². The first-order valence-electron chi connectivity index (χ1n) is 4.53. The number of nitro benzene ring substituents is 1. The molecule has 0 aromatic heterocycles. The molecule has 1 aromatic carbocycles.